The second-order valence-electron chi connectivity index (χ2n) is 5.91. The van der Waals surface area contributed by atoms with Crippen molar-refractivity contribution in [3.63, 3.8) is 0 Å². The molecule has 0 spiro atoms. The molecule has 0 bridgehead atoms. The van der Waals surface area contributed by atoms with Crippen molar-refractivity contribution < 1.29 is 18.7 Å². The Balaban J connectivity index is 2.09. The molecule has 2 unspecified atom stereocenters. The topological polar surface area (TPSA) is 37.3 Å². The molecule has 4 atom stereocenters. The SMILES string of the molecule is CCCCC(F)(F)C1(O)CC[C@@H]2C(C)C(=O)C[C@H]2S1. The van der Waals surface area contributed by atoms with Gasteiger partial charge in [-0.15, -0.1) is 11.8 Å². The van der Waals surface area contributed by atoms with Crippen molar-refractivity contribution in [3.05, 3.63) is 0 Å². The molecular weight excluding hydrogens is 270 g/mol. The van der Waals surface area contributed by atoms with Gasteiger partial charge in [0.05, 0.1) is 0 Å². The number of ketones is 1. The summed E-state index contributed by atoms with van der Waals surface area (Å²) in [6.45, 7) is 3.74. The molecule has 0 aromatic rings. The number of carbonyl (C=O) groups is 1. The minimum Gasteiger partial charge on any atom is -0.373 e. The lowest BCUT2D eigenvalue weighted by Gasteiger charge is -2.43. The monoisotopic (exact) mass is 292 g/mol. The molecule has 1 saturated carbocycles. The highest BCUT2D eigenvalue weighted by molar-refractivity contribution is 8.01. The molecule has 0 aromatic carbocycles. The van der Waals surface area contributed by atoms with Gasteiger partial charge in [0.25, 0.3) is 5.92 Å². The average Bonchev–Trinajstić information content (AvgIpc) is 2.62. The minimum atomic E-state index is -3.06. The zero-order chi connectivity index (χ0) is 14.3. The summed E-state index contributed by atoms with van der Waals surface area (Å²) in [5.74, 6) is -2.78. The number of carbonyl (C=O) groups excluding carboxylic acids is 1. The number of hydrogen-bond acceptors (Lipinski definition) is 3. The molecule has 0 radical (unpaired) electrons. The molecule has 5 heteroatoms. The van der Waals surface area contributed by atoms with Gasteiger partial charge in [0.2, 0.25) is 0 Å². The molecule has 110 valence electrons. The van der Waals surface area contributed by atoms with Crippen molar-refractivity contribution in [2.24, 2.45) is 11.8 Å². The summed E-state index contributed by atoms with van der Waals surface area (Å²) in [5.41, 5.74) is 0. The van der Waals surface area contributed by atoms with E-state index in [1.807, 2.05) is 13.8 Å². The molecule has 2 fully saturated rings. The first-order chi connectivity index (χ1) is 8.81. The Bertz CT molecular complexity index is 361. The molecule has 19 heavy (non-hydrogen) atoms. The average molecular weight is 292 g/mol. The normalized spacial score (nSPS) is 39.4. The van der Waals surface area contributed by atoms with E-state index in [0.29, 0.717) is 25.7 Å². The van der Waals surface area contributed by atoms with Crippen LogP contribution in [-0.2, 0) is 4.79 Å². The summed E-state index contributed by atoms with van der Waals surface area (Å²) in [6.07, 6.45) is 1.80. The largest absolute Gasteiger partial charge is 0.373 e. The molecule has 1 aliphatic carbocycles. The van der Waals surface area contributed by atoms with Crippen LogP contribution in [0.4, 0.5) is 8.78 Å². The molecule has 1 aliphatic heterocycles. The number of aliphatic hydroxyl groups is 1. The highest BCUT2D eigenvalue weighted by Gasteiger charge is 2.58. The molecule has 1 N–H and O–H groups in total. The van der Waals surface area contributed by atoms with Gasteiger partial charge in [0.15, 0.2) is 4.93 Å². The lowest BCUT2D eigenvalue weighted by molar-refractivity contribution is -0.142. The minimum absolute atomic E-state index is 0.0358. The van der Waals surface area contributed by atoms with Crippen LogP contribution >= 0.6 is 11.8 Å². The molecule has 0 amide bonds. The van der Waals surface area contributed by atoms with Crippen LogP contribution in [0.1, 0.15) is 52.4 Å². The third kappa shape index (κ3) is 2.68. The first-order valence-electron chi connectivity index (χ1n) is 7.11. The van der Waals surface area contributed by atoms with Crippen molar-refractivity contribution in [2.75, 3.05) is 0 Å². The standard InChI is InChI=1S/C14H22F2O2S/c1-3-4-6-13(15,16)14(18)7-5-10-9(2)11(17)8-12(10)19-14/h9-10,12,18H,3-8H2,1-2H3/t9?,10-,12-,14?/m1/s1. The maximum absolute atomic E-state index is 14.2. The number of thioether (sulfide) groups is 1. The van der Waals surface area contributed by atoms with Crippen molar-refractivity contribution in [1.82, 2.24) is 0 Å². The first-order valence-corrected chi connectivity index (χ1v) is 7.99. The number of hydrogen-bond donors (Lipinski definition) is 1. The van der Waals surface area contributed by atoms with Crippen molar-refractivity contribution in [1.29, 1.82) is 0 Å². The highest BCUT2D eigenvalue weighted by Crippen LogP contribution is 2.56. The van der Waals surface area contributed by atoms with E-state index >= 15 is 0 Å². The highest BCUT2D eigenvalue weighted by atomic mass is 32.2. The third-order valence-corrected chi connectivity index (χ3v) is 6.32. The van der Waals surface area contributed by atoms with Crippen LogP contribution in [-0.4, -0.2) is 27.0 Å². The Labute approximate surface area is 117 Å². The fourth-order valence-corrected chi connectivity index (χ4v) is 5.00. The van der Waals surface area contributed by atoms with E-state index in [4.69, 9.17) is 0 Å². The maximum Gasteiger partial charge on any atom is 0.285 e. The summed E-state index contributed by atoms with van der Waals surface area (Å²) in [5, 5.41) is 10.2. The third-order valence-electron chi connectivity index (χ3n) is 4.61. The van der Waals surface area contributed by atoms with E-state index in [-0.39, 0.29) is 35.7 Å². The predicted octanol–water partition coefficient (Wildman–Crippen LogP) is 3.62. The smallest absolute Gasteiger partial charge is 0.285 e. The number of Topliss-reactive ketones (excluding diaryl/α,β-unsaturated/α-hetero) is 1. The van der Waals surface area contributed by atoms with Gasteiger partial charge < -0.3 is 5.11 Å². The molecule has 1 saturated heterocycles. The Morgan fingerprint density at radius 2 is 2.21 bits per heavy atom. The molecule has 2 aliphatic rings. The van der Waals surface area contributed by atoms with E-state index in [1.54, 1.807) is 0 Å². The maximum atomic E-state index is 14.2. The zero-order valence-corrected chi connectivity index (χ0v) is 12.3. The quantitative estimate of drug-likeness (QED) is 0.860. The number of rotatable bonds is 4. The van der Waals surface area contributed by atoms with Gasteiger partial charge in [-0.25, -0.2) is 8.78 Å². The van der Waals surface area contributed by atoms with Crippen LogP contribution in [0.5, 0.6) is 0 Å². The second kappa shape index (κ2) is 5.32. The summed E-state index contributed by atoms with van der Waals surface area (Å²) in [4.78, 5) is 9.71. The first kappa shape index (κ1) is 15.2. The van der Waals surface area contributed by atoms with Gasteiger partial charge in [-0.1, -0.05) is 20.3 Å². The van der Waals surface area contributed by atoms with Crippen LogP contribution < -0.4 is 0 Å². The van der Waals surface area contributed by atoms with Crippen LogP contribution in [0.2, 0.25) is 0 Å². The van der Waals surface area contributed by atoms with Crippen molar-refractivity contribution >= 4 is 17.5 Å². The summed E-state index contributed by atoms with van der Waals surface area (Å²) < 4.78 is 28.4. The van der Waals surface area contributed by atoms with Gasteiger partial charge in [-0.05, 0) is 25.2 Å². The fourth-order valence-electron chi connectivity index (χ4n) is 3.20. The summed E-state index contributed by atoms with van der Waals surface area (Å²) in [6, 6.07) is 0. The molecule has 2 rings (SSSR count). The Morgan fingerprint density at radius 3 is 2.84 bits per heavy atom. The fraction of sp³-hybridized carbons (Fsp3) is 0.929. The number of fused-ring (bicyclic) bond motifs is 1. The van der Waals surface area contributed by atoms with Crippen molar-refractivity contribution in [2.45, 2.75) is 68.5 Å². The number of halogens is 2. The van der Waals surface area contributed by atoms with Crippen LogP contribution in [0.15, 0.2) is 0 Å². The van der Waals surface area contributed by atoms with Gasteiger partial charge >= 0.3 is 0 Å². The van der Waals surface area contributed by atoms with Gasteiger partial charge in [0.1, 0.15) is 5.78 Å². The van der Waals surface area contributed by atoms with E-state index in [9.17, 15) is 18.7 Å². The summed E-state index contributed by atoms with van der Waals surface area (Å²) >= 11 is 0.954. The number of unbranched alkanes of at least 4 members (excludes halogenated alkanes) is 1. The van der Waals surface area contributed by atoms with Crippen LogP contribution in [0.3, 0.4) is 0 Å². The predicted molar refractivity (Wildman–Crippen MR) is 72.3 cm³/mol. The lowest BCUT2D eigenvalue weighted by Crippen LogP contribution is -2.49. The zero-order valence-electron chi connectivity index (χ0n) is 11.5. The van der Waals surface area contributed by atoms with Gasteiger partial charge in [-0.3, -0.25) is 4.79 Å². The van der Waals surface area contributed by atoms with E-state index < -0.39 is 10.9 Å². The second-order valence-corrected chi connectivity index (χ2v) is 7.43. The summed E-state index contributed by atoms with van der Waals surface area (Å²) in [7, 11) is 0. The van der Waals surface area contributed by atoms with Gasteiger partial charge in [-0.2, -0.15) is 0 Å². The molecular formula is C14H22F2O2S. The van der Waals surface area contributed by atoms with E-state index in [0.717, 1.165) is 11.8 Å². The lowest BCUT2D eigenvalue weighted by atomic mass is 9.88. The number of alkyl halides is 2. The van der Waals surface area contributed by atoms with Crippen molar-refractivity contribution in [3.8, 4) is 0 Å². The Hall–Kier alpha value is -0.160. The Morgan fingerprint density at radius 1 is 1.53 bits per heavy atom. The van der Waals surface area contributed by atoms with Gasteiger partial charge in [0, 0.05) is 24.0 Å². The molecule has 1 heterocycles. The molecule has 0 aromatic heterocycles. The van der Waals surface area contributed by atoms with Crippen LogP contribution in [0, 0.1) is 11.8 Å². The van der Waals surface area contributed by atoms with E-state index in [1.165, 1.54) is 0 Å². The van der Waals surface area contributed by atoms with E-state index in [2.05, 4.69) is 0 Å². The Kier molecular flexibility index (Phi) is 4.26. The molecule has 2 nitrogen and oxygen atoms in total. The van der Waals surface area contributed by atoms with Crippen LogP contribution in [0.25, 0.3) is 0 Å².